The number of aromatic nitrogens is 2. The summed E-state index contributed by atoms with van der Waals surface area (Å²) in [5.74, 6) is 2.73. The number of hydrogen-bond donors (Lipinski definition) is 0. The molecule has 1 amide bonds. The number of amides is 1. The second kappa shape index (κ2) is 7.39. The smallest absolute Gasteiger partial charge is 0.289 e. The van der Waals surface area contributed by atoms with E-state index < -0.39 is 0 Å². The number of aryl methyl sites for hydroxylation is 1. The number of rotatable bonds is 5. The van der Waals surface area contributed by atoms with Gasteiger partial charge in [-0.3, -0.25) is 4.79 Å². The SMILES string of the molecule is O=C(c1ccco1)N1CCC(CCc2noc(C3CCOCC3)n2)C1. The molecule has 2 aliphatic rings. The van der Waals surface area contributed by atoms with Crippen LogP contribution in [0.4, 0.5) is 0 Å². The van der Waals surface area contributed by atoms with E-state index in [-0.39, 0.29) is 5.91 Å². The summed E-state index contributed by atoms with van der Waals surface area (Å²) in [6.07, 6.45) is 6.21. The molecule has 134 valence electrons. The van der Waals surface area contributed by atoms with E-state index in [2.05, 4.69) is 10.1 Å². The van der Waals surface area contributed by atoms with Crippen LogP contribution >= 0.6 is 0 Å². The van der Waals surface area contributed by atoms with Crippen molar-refractivity contribution in [2.24, 2.45) is 5.92 Å². The topological polar surface area (TPSA) is 81.6 Å². The molecule has 4 rings (SSSR count). The van der Waals surface area contributed by atoms with Gasteiger partial charge in [-0.1, -0.05) is 5.16 Å². The molecule has 4 heterocycles. The maximum absolute atomic E-state index is 12.3. The summed E-state index contributed by atoms with van der Waals surface area (Å²) in [6.45, 7) is 3.09. The quantitative estimate of drug-likeness (QED) is 0.828. The number of nitrogens with zero attached hydrogens (tertiary/aromatic N) is 3. The van der Waals surface area contributed by atoms with Crippen molar-refractivity contribution in [2.45, 2.75) is 38.0 Å². The third-order valence-electron chi connectivity index (χ3n) is 5.14. The molecule has 25 heavy (non-hydrogen) atoms. The zero-order chi connectivity index (χ0) is 17.1. The summed E-state index contributed by atoms with van der Waals surface area (Å²) in [5, 5.41) is 4.12. The number of likely N-dealkylation sites (tertiary alicyclic amines) is 1. The van der Waals surface area contributed by atoms with Crippen LogP contribution in [0.1, 0.15) is 53.9 Å². The number of ether oxygens (including phenoxy) is 1. The molecule has 0 N–H and O–H groups in total. The minimum absolute atomic E-state index is 0.0196. The van der Waals surface area contributed by atoms with E-state index in [1.807, 2.05) is 4.90 Å². The number of furan rings is 1. The molecule has 1 unspecified atom stereocenters. The van der Waals surface area contributed by atoms with Crippen LogP contribution in [0.2, 0.25) is 0 Å². The molecule has 2 saturated heterocycles. The van der Waals surface area contributed by atoms with Gasteiger partial charge in [0.25, 0.3) is 5.91 Å². The third kappa shape index (κ3) is 3.76. The first kappa shape index (κ1) is 16.3. The molecule has 2 aromatic rings. The highest BCUT2D eigenvalue weighted by Gasteiger charge is 2.28. The van der Waals surface area contributed by atoms with Crippen molar-refractivity contribution in [3.05, 3.63) is 35.9 Å². The van der Waals surface area contributed by atoms with Crippen LogP contribution in [-0.4, -0.2) is 47.3 Å². The molecule has 2 aromatic heterocycles. The number of carbonyl (C=O) groups excluding carboxylic acids is 1. The van der Waals surface area contributed by atoms with Crippen molar-refractivity contribution in [2.75, 3.05) is 26.3 Å². The molecule has 0 radical (unpaired) electrons. The van der Waals surface area contributed by atoms with Crippen molar-refractivity contribution in [3.63, 3.8) is 0 Å². The molecular weight excluding hydrogens is 322 g/mol. The lowest BCUT2D eigenvalue weighted by atomic mass is 10.0. The second-order valence-electron chi connectivity index (χ2n) is 6.86. The Kier molecular flexibility index (Phi) is 4.83. The molecule has 7 heteroatoms. The van der Waals surface area contributed by atoms with Crippen molar-refractivity contribution in [1.82, 2.24) is 15.0 Å². The van der Waals surface area contributed by atoms with E-state index in [9.17, 15) is 4.79 Å². The normalized spacial score (nSPS) is 21.8. The fourth-order valence-corrected chi connectivity index (χ4v) is 3.62. The second-order valence-corrected chi connectivity index (χ2v) is 6.86. The van der Waals surface area contributed by atoms with Crippen LogP contribution in [0.3, 0.4) is 0 Å². The summed E-state index contributed by atoms with van der Waals surface area (Å²) < 4.78 is 16.0. The van der Waals surface area contributed by atoms with Gasteiger partial charge in [0, 0.05) is 38.6 Å². The van der Waals surface area contributed by atoms with Crippen molar-refractivity contribution < 1.29 is 18.5 Å². The van der Waals surface area contributed by atoms with Gasteiger partial charge < -0.3 is 18.6 Å². The van der Waals surface area contributed by atoms with Crippen LogP contribution in [0.15, 0.2) is 27.3 Å². The Bertz CT molecular complexity index is 691. The number of carbonyl (C=O) groups is 1. The summed E-state index contributed by atoms with van der Waals surface area (Å²) >= 11 is 0. The molecule has 7 nitrogen and oxygen atoms in total. The molecule has 0 spiro atoms. The summed E-state index contributed by atoms with van der Waals surface area (Å²) in [5.41, 5.74) is 0. The van der Waals surface area contributed by atoms with Gasteiger partial charge in [-0.05, 0) is 43.7 Å². The van der Waals surface area contributed by atoms with Crippen LogP contribution in [0, 0.1) is 5.92 Å². The van der Waals surface area contributed by atoms with Gasteiger partial charge in [0.15, 0.2) is 11.6 Å². The van der Waals surface area contributed by atoms with Crippen molar-refractivity contribution in [1.29, 1.82) is 0 Å². The minimum Gasteiger partial charge on any atom is -0.459 e. The Balaban J connectivity index is 1.26. The maximum Gasteiger partial charge on any atom is 0.289 e. The standard InChI is InChI=1S/C18H23N3O4/c22-18(15-2-1-9-24-15)21-8-5-13(12-21)3-4-16-19-17(25-20-16)14-6-10-23-11-7-14/h1-2,9,13-14H,3-8,10-12H2. The van der Waals surface area contributed by atoms with Crippen molar-refractivity contribution >= 4 is 5.91 Å². The largest absolute Gasteiger partial charge is 0.459 e. The van der Waals surface area contributed by atoms with E-state index in [4.69, 9.17) is 13.7 Å². The Labute approximate surface area is 146 Å². The van der Waals surface area contributed by atoms with Gasteiger partial charge >= 0.3 is 0 Å². The molecular formula is C18H23N3O4. The maximum atomic E-state index is 12.3. The third-order valence-corrected chi connectivity index (χ3v) is 5.14. The molecule has 1 atom stereocenters. The predicted molar refractivity (Wildman–Crippen MR) is 88.1 cm³/mol. The van der Waals surface area contributed by atoms with Gasteiger partial charge in [-0.2, -0.15) is 4.98 Å². The van der Waals surface area contributed by atoms with Gasteiger partial charge in [-0.15, -0.1) is 0 Å². The highest BCUT2D eigenvalue weighted by Crippen LogP contribution is 2.26. The fourth-order valence-electron chi connectivity index (χ4n) is 3.62. The van der Waals surface area contributed by atoms with E-state index in [1.165, 1.54) is 6.26 Å². The van der Waals surface area contributed by atoms with E-state index in [0.717, 1.165) is 70.1 Å². The first-order chi connectivity index (χ1) is 12.3. The summed E-state index contributed by atoms with van der Waals surface area (Å²) in [4.78, 5) is 18.7. The van der Waals surface area contributed by atoms with Gasteiger partial charge in [-0.25, -0.2) is 0 Å². The van der Waals surface area contributed by atoms with Gasteiger partial charge in [0.1, 0.15) is 0 Å². The average Bonchev–Trinajstić information content (AvgIpc) is 3.41. The van der Waals surface area contributed by atoms with E-state index >= 15 is 0 Å². The lowest BCUT2D eigenvalue weighted by Gasteiger charge is -2.17. The van der Waals surface area contributed by atoms with Crippen LogP contribution in [-0.2, 0) is 11.2 Å². The zero-order valence-corrected chi connectivity index (χ0v) is 14.2. The van der Waals surface area contributed by atoms with E-state index in [0.29, 0.717) is 17.6 Å². The lowest BCUT2D eigenvalue weighted by Crippen LogP contribution is -2.28. The van der Waals surface area contributed by atoms with Crippen LogP contribution in [0.5, 0.6) is 0 Å². The monoisotopic (exact) mass is 345 g/mol. The summed E-state index contributed by atoms with van der Waals surface area (Å²) in [6, 6.07) is 3.46. The minimum atomic E-state index is -0.0196. The highest BCUT2D eigenvalue weighted by atomic mass is 16.5. The van der Waals surface area contributed by atoms with Crippen molar-refractivity contribution in [3.8, 4) is 0 Å². The first-order valence-electron chi connectivity index (χ1n) is 9.02. The lowest BCUT2D eigenvalue weighted by molar-refractivity contribution is 0.0755. The Morgan fingerprint density at radius 3 is 2.96 bits per heavy atom. The fraction of sp³-hybridized carbons (Fsp3) is 0.611. The Morgan fingerprint density at radius 2 is 2.16 bits per heavy atom. The Morgan fingerprint density at radius 1 is 1.28 bits per heavy atom. The van der Waals surface area contributed by atoms with E-state index in [1.54, 1.807) is 12.1 Å². The highest BCUT2D eigenvalue weighted by molar-refractivity contribution is 5.91. The number of hydrogen-bond acceptors (Lipinski definition) is 6. The summed E-state index contributed by atoms with van der Waals surface area (Å²) in [7, 11) is 0. The zero-order valence-electron chi connectivity index (χ0n) is 14.2. The van der Waals surface area contributed by atoms with Gasteiger partial charge in [0.05, 0.1) is 6.26 Å². The molecule has 0 aliphatic carbocycles. The average molecular weight is 345 g/mol. The molecule has 2 fully saturated rings. The van der Waals surface area contributed by atoms with Crippen LogP contribution in [0.25, 0.3) is 0 Å². The van der Waals surface area contributed by atoms with Gasteiger partial charge in [0.2, 0.25) is 5.89 Å². The van der Waals surface area contributed by atoms with Crippen LogP contribution < -0.4 is 0 Å². The molecule has 2 aliphatic heterocycles. The molecule has 0 saturated carbocycles. The molecule has 0 bridgehead atoms. The predicted octanol–water partition coefficient (Wildman–Crippen LogP) is 2.65. The Hall–Kier alpha value is -2.15. The molecule has 0 aromatic carbocycles. The first-order valence-corrected chi connectivity index (χ1v) is 9.02.